The zero-order valence-electron chi connectivity index (χ0n) is 10.3. The van der Waals surface area contributed by atoms with Crippen molar-refractivity contribution in [3.05, 3.63) is 59.2 Å². The number of nitrogen functional groups attached to an aromatic ring is 1. The molecule has 2 rings (SSSR count). The summed E-state index contributed by atoms with van der Waals surface area (Å²) in [5.74, 6) is 0. The minimum Gasteiger partial charge on any atom is -0.399 e. The van der Waals surface area contributed by atoms with Gasteiger partial charge in [-0.2, -0.15) is 5.26 Å². The van der Waals surface area contributed by atoms with E-state index in [9.17, 15) is 0 Å². The first-order chi connectivity index (χ1) is 8.70. The molecule has 0 bridgehead atoms. The Hall–Kier alpha value is -2.47. The molecule has 0 unspecified atom stereocenters. The van der Waals surface area contributed by atoms with E-state index in [4.69, 9.17) is 11.0 Å². The molecule has 0 aliphatic heterocycles. The second-order valence-electron chi connectivity index (χ2n) is 4.17. The van der Waals surface area contributed by atoms with Crippen molar-refractivity contribution in [2.24, 2.45) is 0 Å². The Bertz CT molecular complexity index is 580. The van der Waals surface area contributed by atoms with Crippen LogP contribution in [0.4, 0.5) is 11.4 Å². The number of benzene rings is 2. The molecule has 0 aromatic heterocycles. The van der Waals surface area contributed by atoms with Gasteiger partial charge in [0, 0.05) is 17.9 Å². The molecule has 0 radical (unpaired) electrons. The highest BCUT2D eigenvalue weighted by atomic mass is 14.9. The summed E-state index contributed by atoms with van der Waals surface area (Å²) >= 11 is 0. The van der Waals surface area contributed by atoms with Crippen LogP contribution in [0.25, 0.3) is 0 Å². The Balaban J connectivity index is 2.07. The topological polar surface area (TPSA) is 61.8 Å². The van der Waals surface area contributed by atoms with Crippen LogP contribution in [0.5, 0.6) is 0 Å². The third-order valence-electron chi connectivity index (χ3n) is 2.98. The summed E-state index contributed by atoms with van der Waals surface area (Å²) in [6.45, 7) is 2.74. The van der Waals surface area contributed by atoms with Gasteiger partial charge in [0.1, 0.15) is 0 Å². The molecular weight excluding hydrogens is 222 g/mol. The van der Waals surface area contributed by atoms with Gasteiger partial charge in [0.15, 0.2) is 0 Å². The summed E-state index contributed by atoms with van der Waals surface area (Å²) < 4.78 is 0. The van der Waals surface area contributed by atoms with E-state index in [2.05, 4.69) is 17.5 Å². The van der Waals surface area contributed by atoms with Crippen molar-refractivity contribution in [3.63, 3.8) is 0 Å². The van der Waals surface area contributed by atoms with Crippen LogP contribution in [0.3, 0.4) is 0 Å². The van der Waals surface area contributed by atoms with Crippen molar-refractivity contribution in [2.75, 3.05) is 11.1 Å². The maximum absolute atomic E-state index is 8.72. The average molecular weight is 237 g/mol. The van der Waals surface area contributed by atoms with Crippen molar-refractivity contribution >= 4 is 11.4 Å². The summed E-state index contributed by atoms with van der Waals surface area (Å²) in [5, 5.41) is 12.0. The van der Waals surface area contributed by atoms with E-state index in [0.29, 0.717) is 5.56 Å². The minimum atomic E-state index is 0.667. The lowest BCUT2D eigenvalue weighted by molar-refractivity contribution is 1.12. The van der Waals surface area contributed by atoms with Crippen molar-refractivity contribution in [1.29, 1.82) is 5.26 Å². The van der Waals surface area contributed by atoms with Crippen molar-refractivity contribution in [3.8, 4) is 6.07 Å². The normalized spacial score (nSPS) is 9.78. The number of anilines is 2. The van der Waals surface area contributed by atoms with Crippen molar-refractivity contribution in [2.45, 2.75) is 13.5 Å². The molecule has 0 heterocycles. The molecule has 90 valence electrons. The van der Waals surface area contributed by atoms with E-state index in [1.54, 1.807) is 12.1 Å². The zero-order chi connectivity index (χ0) is 13.0. The zero-order valence-corrected chi connectivity index (χ0v) is 10.3. The summed E-state index contributed by atoms with van der Waals surface area (Å²) in [6.07, 6.45) is 0. The maximum atomic E-state index is 8.72. The molecular formula is C15H15N3. The molecule has 0 atom stereocenters. The van der Waals surface area contributed by atoms with Crippen LogP contribution in [-0.2, 0) is 6.54 Å². The maximum Gasteiger partial charge on any atom is 0.0991 e. The quantitative estimate of drug-likeness (QED) is 0.806. The molecule has 0 aliphatic rings. The largest absolute Gasteiger partial charge is 0.399 e. The first-order valence-electron chi connectivity index (χ1n) is 5.78. The van der Waals surface area contributed by atoms with E-state index in [1.165, 1.54) is 5.56 Å². The lowest BCUT2D eigenvalue weighted by Crippen LogP contribution is -2.03. The van der Waals surface area contributed by atoms with Crippen molar-refractivity contribution in [1.82, 2.24) is 0 Å². The molecule has 0 aliphatic carbocycles. The van der Waals surface area contributed by atoms with Crippen LogP contribution in [0.15, 0.2) is 42.5 Å². The van der Waals surface area contributed by atoms with Gasteiger partial charge in [-0.05, 0) is 48.4 Å². The lowest BCUT2D eigenvalue weighted by Gasteiger charge is -2.10. The standard InChI is InChI=1S/C15H15N3/c1-11-13(3-2-4-15(11)17)10-18-14-7-5-12(9-16)6-8-14/h2-8,18H,10,17H2,1H3. The minimum absolute atomic E-state index is 0.667. The summed E-state index contributed by atoms with van der Waals surface area (Å²) in [6, 6.07) is 15.4. The summed E-state index contributed by atoms with van der Waals surface area (Å²) in [5.41, 5.74) is 10.6. The Labute approximate surface area is 107 Å². The first-order valence-corrected chi connectivity index (χ1v) is 5.78. The molecule has 2 aromatic carbocycles. The molecule has 18 heavy (non-hydrogen) atoms. The van der Waals surface area contributed by atoms with Gasteiger partial charge in [-0.3, -0.25) is 0 Å². The van der Waals surface area contributed by atoms with Gasteiger partial charge in [0.05, 0.1) is 11.6 Å². The van der Waals surface area contributed by atoms with Crippen LogP contribution >= 0.6 is 0 Å². The van der Waals surface area contributed by atoms with Crippen LogP contribution in [0.2, 0.25) is 0 Å². The van der Waals surface area contributed by atoms with E-state index < -0.39 is 0 Å². The van der Waals surface area contributed by atoms with Gasteiger partial charge >= 0.3 is 0 Å². The number of nitriles is 1. The number of nitrogens with two attached hydrogens (primary N) is 1. The van der Waals surface area contributed by atoms with E-state index >= 15 is 0 Å². The van der Waals surface area contributed by atoms with Gasteiger partial charge in [0.2, 0.25) is 0 Å². The first kappa shape index (κ1) is 12.0. The summed E-state index contributed by atoms with van der Waals surface area (Å²) in [4.78, 5) is 0. The highest BCUT2D eigenvalue weighted by Crippen LogP contribution is 2.17. The third-order valence-corrected chi connectivity index (χ3v) is 2.98. The lowest BCUT2D eigenvalue weighted by atomic mass is 10.1. The van der Waals surface area contributed by atoms with Gasteiger partial charge in [0.25, 0.3) is 0 Å². The third kappa shape index (κ3) is 2.61. The van der Waals surface area contributed by atoms with E-state index in [0.717, 1.165) is 23.5 Å². The fraction of sp³-hybridized carbons (Fsp3) is 0.133. The van der Waals surface area contributed by atoms with E-state index in [-0.39, 0.29) is 0 Å². The fourth-order valence-corrected chi connectivity index (χ4v) is 1.75. The van der Waals surface area contributed by atoms with Crippen LogP contribution in [0, 0.1) is 18.3 Å². The monoisotopic (exact) mass is 237 g/mol. The van der Waals surface area contributed by atoms with Crippen molar-refractivity contribution < 1.29 is 0 Å². The Morgan fingerprint density at radius 1 is 1.17 bits per heavy atom. The fourth-order valence-electron chi connectivity index (χ4n) is 1.75. The molecule has 0 amide bonds. The number of rotatable bonds is 3. The molecule has 3 heteroatoms. The van der Waals surface area contributed by atoms with Gasteiger partial charge in [-0.1, -0.05) is 12.1 Å². The number of hydrogen-bond acceptors (Lipinski definition) is 3. The Kier molecular flexibility index (Phi) is 3.49. The molecule has 0 fully saturated rings. The van der Waals surface area contributed by atoms with Gasteiger partial charge < -0.3 is 11.1 Å². The second kappa shape index (κ2) is 5.24. The molecule has 3 N–H and O–H groups in total. The van der Waals surface area contributed by atoms with Gasteiger partial charge in [-0.15, -0.1) is 0 Å². The highest BCUT2D eigenvalue weighted by Gasteiger charge is 2.01. The molecule has 0 saturated carbocycles. The highest BCUT2D eigenvalue weighted by molar-refractivity contribution is 5.52. The average Bonchev–Trinajstić information content (AvgIpc) is 2.41. The second-order valence-corrected chi connectivity index (χ2v) is 4.17. The Morgan fingerprint density at radius 2 is 1.89 bits per heavy atom. The molecule has 0 saturated heterocycles. The number of nitrogens with zero attached hydrogens (tertiary/aromatic N) is 1. The molecule has 2 aromatic rings. The van der Waals surface area contributed by atoms with Gasteiger partial charge in [-0.25, -0.2) is 0 Å². The Morgan fingerprint density at radius 3 is 2.56 bits per heavy atom. The predicted octanol–water partition coefficient (Wildman–Crippen LogP) is 3.06. The SMILES string of the molecule is Cc1c(N)cccc1CNc1ccc(C#N)cc1. The predicted molar refractivity (Wildman–Crippen MR) is 74.1 cm³/mol. The number of hydrogen-bond donors (Lipinski definition) is 2. The van der Waals surface area contributed by atoms with Crippen LogP contribution < -0.4 is 11.1 Å². The number of nitrogens with one attached hydrogen (secondary N) is 1. The summed E-state index contributed by atoms with van der Waals surface area (Å²) in [7, 11) is 0. The van der Waals surface area contributed by atoms with Crippen LogP contribution in [0.1, 0.15) is 16.7 Å². The van der Waals surface area contributed by atoms with E-state index in [1.807, 2.05) is 31.2 Å². The van der Waals surface area contributed by atoms with Crippen LogP contribution in [-0.4, -0.2) is 0 Å². The smallest absolute Gasteiger partial charge is 0.0991 e. The molecule has 0 spiro atoms. The molecule has 3 nitrogen and oxygen atoms in total.